The van der Waals surface area contributed by atoms with Gasteiger partial charge in [0.15, 0.2) is 5.96 Å². The maximum Gasteiger partial charge on any atom is 0.190 e. The number of halogens is 1. The highest BCUT2D eigenvalue weighted by Crippen LogP contribution is 2.02. The second-order valence-corrected chi connectivity index (χ2v) is 4.79. The lowest BCUT2D eigenvalue weighted by Gasteiger charge is -2.11. The highest BCUT2D eigenvalue weighted by Gasteiger charge is 2.00. The molecule has 120 valence electrons. The van der Waals surface area contributed by atoms with Crippen molar-refractivity contribution in [1.82, 2.24) is 20.4 Å². The maximum atomic E-state index is 4.45. The van der Waals surface area contributed by atoms with Crippen LogP contribution in [0.4, 0.5) is 0 Å². The smallest absolute Gasteiger partial charge is 0.190 e. The SMILES string of the molecule is CC=CCCNC(=NC)NCCCn1nc(C)cc1C.I. The lowest BCUT2D eigenvalue weighted by molar-refractivity contribution is 0.555. The van der Waals surface area contributed by atoms with Crippen molar-refractivity contribution in [3.8, 4) is 0 Å². The van der Waals surface area contributed by atoms with Crippen molar-refractivity contribution in [1.29, 1.82) is 0 Å². The van der Waals surface area contributed by atoms with Crippen LogP contribution in [0, 0.1) is 13.8 Å². The first kappa shape index (κ1) is 19.9. The van der Waals surface area contributed by atoms with Crippen LogP contribution in [-0.2, 0) is 6.54 Å². The Morgan fingerprint density at radius 2 is 2.05 bits per heavy atom. The molecule has 2 N–H and O–H groups in total. The Hall–Kier alpha value is -1.05. The maximum absolute atomic E-state index is 4.45. The third-order valence-corrected chi connectivity index (χ3v) is 3.01. The fourth-order valence-electron chi connectivity index (χ4n) is 2.00. The number of hydrogen-bond acceptors (Lipinski definition) is 2. The Balaban J connectivity index is 0.00000400. The lowest BCUT2D eigenvalue weighted by Crippen LogP contribution is -2.38. The Kier molecular flexibility index (Phi) is 11.0. The van der Waals surface area contributed by atoms with Gasteiger partial charge in [-0.3, -0.25) is 9.67 Å². The summed E-state index contributed by atoms with van der Waals surface area (Å²) >= 11 is 0. The topological polar surface area (TPSA) is 54.2 Å². The van der Waals surface area contributed by atoms with Crippen LogP contribution in [0.5, 0.6) is 0 Å². The van der Waals surface area contributed by atoms with Crippen molar-refractivity contribution in [2.45, 2.75) is 40.2 Å². The molecule has 1 aromatic heterocycles. The first-order chi connectivity index (χ1) is 9.67. The van der Waals surface area contributed by atoms with Crippen LogP contribution in [-0.4, -0.2) is 35.9 Å². The summed E-state index contributed by atoms with van der Waals surface area (Å²) in [5, 5.41) is 11.1. The minimum absolute atomic E-state index is 0. The van der Waals surface area contributed by atoms with E-state index in [1.165, 1.54) is 5.69 Å². The van der Waals surface area contributed by atoms with E-state index >= 15 is 0 Å². The van der Waals surface area contributed by atoms with Gasteiger partial charge in [-0.25, -0.2) is 0 Å². The van der Waals surface area contributed by atoms with Gasteiger partial charge in [-0.15, -0.1) is 24.0 Å². The molecule has 0 amide bonds. The fourth-order valence-corrected chi connectivity index (χ4v) is 2.00. The van der Waals surface area contributed by atoms with E-state index in [0.29, 0.717) is 0 Å². The van der Waals surface area contributed by atoms with Gasteiger partial charge in [-0.05, 0) is 39.7 Å². The molecule has 6 heteroatoms. The second kappa shape index (κ2) is 11.6. The van der Waals surface area contributed by atoms with Crippen LogP contribution in [0.1, 0.15) is 31.2 Å². The largest absolute Gasteiger partial charge is 0.356 e. The molecule has 0 aliphatic rings. The zero-order valence-corrected chi connectivity index (χ0v) is 15.8. The number of hydrogen-bond donors (Lipinski definition) is 2. The van der Waals surface area contributed by atoms with Crippen molar-refractivity contribution in [3.63, 3.8) is 0 Å². The molecule has 0 spiro atoms. The lowest BCUT2D eigenvalue weighted by atomic mass is 10.4. The monoisotopic (exact) mass is 405 g/mol. The number of nitrogens with zero attached hydrogens (tertiary/aromatic N) is 3. The second-order valence-electron chi connectivity index (χ2n) is 4.79. The van der Waals surface area contributed by atoms with Crippen molar-refractivity contribution in [2.75, 3.05) is 20.1 Å². The number of rotatable bonds is 7. The minimum atomic E-state index is 0. The molecule has 0 fully saturated rings. The van der Waals surface area contributed by atoms with Gasteiger partial charge in [0.05, 0.1) is 5.69 Å². The van der Waals surface area contributed by atoms with Crippen LogP contribution in [0.15, 0.2) is 23.2 Å². The third kappa shape index (κ3) is 8.08. The summed E-state index contributed by atoms with van der Waals surface area (Å²) in [6, 6.07) is 2.11. The first-order valence-electron chi connectivity index (χ1n) is 7.24. The van der Waals surface area contributed by atoms with Gasteiger partial charge in [0.2, 0.25) is 0 Å². The molecule has 0 aromatic carbocycles. The Bertz CT molecular complexity index is 451. The van der Waals surface area contributed by atoms with Crippen molar-refractivity contribution >= 4 is 29.9 Å². The molecule has 21 heavy (non-hydrogen) atoms. The summed E-state index contributed by atoms with van der Waals surface area (Å²) < 4.78 is 2.05. The Morgan fingerprint density at radius 1 is 1.33 bits per heavy atom. The number of aromatic nitrogens is 2. The summed E-state index contributed by atoms with van der Waals surface area (Å²) in [6.07, 6.45) is 6.25. The summed E-state index contributed by atoms with van der Waals surface area (Å²) in [5.41, 5.74) is 2.30. The molecular formula is C15H28IN5. The van der Waals surface area contributed by atoms with Gasteiger partial charge in [0.1, 0.15) is 0 Å². The summed E-state index contributed by atoms with van der Waals surface area (Å²) in [4.78, 5) is 4.20. The number of allylic oxidation sites excluding steroid dienone is 1. The van der Waals surface area contributed by atoms with Gasteiger partial charge in [-0.1, -0.05) is 12.2 Å². The van der Waals surface area contributed by atoms with Crippen LogP contribution < -0.4 is 10.6 Å². The first-order valence-corrected chi connectivity index (χ1v) is 7.24. The van der Waals surface area contributed by atoms with Gasteiger partial charge in [0, 0.05) is 32.4 Å². The van der Waals surface area contributed by atoms with Crippen LogP contribution >= 0.6 is 24.0 Å². The molecule has 1 rings (SSSR count). The third-order valence-electron chi connectivity index (χ3n) is 3.01. The van der Waals surface area contributed by atoms with Crippen molar-refractivity contribution in [3.05, 3.63) is 29.6 Å². The van der Waals surface area contributed by atoms with E-state index in [9.17, 15) is 0 Å². The summed E-state index contributed by atoms with van der Waals surface area (Å²) in [5.74, 6) is 0.864. The average Bonchev–Trinajstić information content (AvgIpc) is 2.75. The number of aryl methyl sites for hydroxylation is 3. The fraction of sp³-hybridized carbons (Fsp3) is 0.600. The molecule has 5 nitrogen and oxygen atoms in total. The van der Waals surface area contributed by atoms with Gasteiger partial charge in [0.25, 0.3) is 0 Å². The number of aliphatic imine (C=N–C) groups is 1. The molecule has 1 aromatic rings. The molecule has 0 aliphatic heterocycles. The standard InChI is InChI=1S/C15H27N5.HI/c1-5-6-7-9-17-15(16-4)18-10-8-11-20-14(3)12-13(2)19-20;/h5-6,12H,7-11H2,1-4H3,(H2,16,17,18);1H. The molecular weight excluding hydrogens is 377 g/mol. The Labute approximate surface area is 145 Å². The summed E-state index contributed by atoms with van der Waals surface area (Å²) in [7, 11) is 1.80. The predicted molar refractivity (Wildman–Crippen MR) is 101 cm³/mol. The van der Waals surface area contributed by atoms with E-state index in [1.54, 1.807) is 7.05 Å². The van der Waals surface area contributed by atoms with Crippen LogP contribution in [0.2, 0.25) is 0 Å². The van der Waals surface area contributed by atoms with E-state index in [2.05, 4.69) is 50.5 Å². The van der Waals surface area contributed by atoms with Gasteiger partial charge in [-0.2, -0.15) is 5.10 Å². The molecule has 0 saturated carbocycles. The molecule has 1 heterocycles. The molecule has 0 saturated heterocycles. The van der Waals surface area contributed by atoms with Crippen molar-refractivity contribution in [2.24, 2.45) is 4.99 Å². The van der Waals surface area contributed by atoms with E-state index < -0.39 is 0 Å². The molecule has 0 atom stereocenters. The van der Waals surface area contributed by atoms with E-state index in [4.69, 9.17) is 0 Å². The number of nitrogens with one attached hydrogen (secondary N) is 2. The quantitative estimate of drug-likeness (QED) is 0.241. The molecule has 0 aliphatic carbocycles. The van der Waals surface area contributed by atoms with E-state index in [-0.39, 0.29) is 24.0 Å². The van der Waals surface area contributed by atoms with Gasteiger partial charge >= 0.3 is 0 Å². The Morgan fingerprint density at radius 3 is 2.62 bits per heavy atom. The van der Waals surface area contributed by atoms with Crippen molar-refractivity contribution < 1.29 is 0 Å². The average molecular weight is 405 g/mol. The van der Waals surface area contributed by atoms with Crippen LogP contribution in [0.25, 0.3) is 0 Å². The minimum Gasteiger partial charge on any atom is -0.356 e. The van der Waals surface area contributed by atoms with E-state index in [0.717, 1.165) is 44.1 Å². The highest BCUT2D eigenvalue weighted by molar-refractivity contribution is 14.0. The predicted octanol–water partition coefficient (Wildman–Crippen LogP) is 2.64. The zero-order chi connectivity index (χ0) is 14.8. The highest BCUT2D eigenvalue weighted by atomic mass is 127. The normalized spacial score (nSPS) is 11.5. The van der Waals surface area contributed by atoms with E-state index in [1.807, 2.05) is 13.8 Å². The number of guanidine groups is 1. The van der Waals surface area contributed by atoms with Crippen LogP contribution in [0.3, 0.4) is 0 Å². The summed E-state index contributed by atoms with van der Waals surface area (Å²) in [6.45, 7) is 8.88. The molecule has 0 bridgehead atoms. The zero-order valence-electron chi connectivity index (χ0n) is 13.5. The molecule has 0 unspecified atom stereocenters. The molecule has 0 radical (unpaired) electrons. The van der Waals surface area contributed by atoms with Gasteiger partial charge < -0.3 is 10.6 Å².